The average Bonchev–Trinajstić information content (AvgIpc) is 3.28. The van der Waals surface area contributed by atoms with Crippen molar-refractivity contribution in [2.75, 3.05) is 13.1 Å². The summed E-state index contributed by atoms with van der Waals surface area (Å²) in [6, 6.07) is 4.31. The molecule has 6 heteroatoms. The van der Waals surface area contributed by atoms with Crippen LogP contribution in [0.1, 0.15) is 56.4 Å². The summed E-state index contributed by atoms with van der Waals surface area (Å²) in [5.41, 5.74) is 1.82. The number of hydrogen-bond donors (Lipinski definition) is 1. The number of fused-ring (bicyclic) bond motifs is 1. The highest BCUT2D eigenvalue weighted by molar-refractivity contribution is 7.17. The van der Waals surface area contributed by atoms with Gasteiger partial charge >= 0.3 is 0 Å². The maximum atomic E-state index is 13.1. The molecule has 4 rings (SSSR count). The number of carbonyl (C=O) groups is 2. The van der Waals surface area contributed by atoms with Crippen molar-refractivity contribution >= 4 is 33.4 Å². The molecular weight excluding hydrogens is 370 g/mol. The molecule has 1 aliphatic carbocycles. The van der Waals surface area contributed by atoms with E-state index in [9.17, 15) is 9.59 Å². The first-order valence-electron chi connectivity index (χ1n) is 10.6. The summed E-state index contributed by atoms with van der Waals surface area (Å²) in [6.07, 6.45) is 5.28. The largest absolute Gasteiger partial charge is 0.353 e. The molecule has 0 aromatic carbocycles. The van der Waals surface area contributed by atoms with Crippen molar-refractivity contribution in [3.05, 3.63) is 23.2 Å². The molecule has 1 saturated heterocycles. The van der Waals surface area contributed by atoms with Crippen LogP contribution < -0.4 is 5.32 Å². The summed E-state index contributed by atoms with van der Waals surface area (Å²) in [4.78, 5) is 27.9. The van der Waals surface area contributed by atoms with Crippen LogP contribution in [-0.4, -0.2) is 40.4 Å². The monoisotopic (exact) mass is 401 g/mol. The Morgan fingerprint density at radius 1 is 1.18 bits per heavy atom. The third kappa shape index (κ3) is 3.59. The van der Waals surface area contributed by atoms with E-state index in [0.29, 0.717) is 18.4 Å². The van der Waals surface area contributed by atoms with Gasteiger partial charge in [0.1, 0.15) is 5.69 Å². The number of nitrogens with zero attached hydrogens (tertiary/aromatic N) is 2. The predicted molar refractivity (Wildman–Crippen MR) is 114 cm³/mol. The number of aromatic nitrogens is 1. The number of piperidine rings is 1. The van der Waals surface area contributed by atoms with Gasteiger partial charge in [-0.2, -0.15) is 0 Å². The van der Waals surface area contributed by atoms with E-state index >= 15 is 0 Å². The van der Waals surface area contributed by atoms with Gasteiger partial charge in [0, 0.05) is 26.2 Å². The number of amides is 2. The van der Waals surface area contributed by atoms with Crippen LogP contribution in [0.5, 0.6) is 0 Å². The van der Waals surface area contributed by atoms with Gasteiger partial charge in [0.15, 0.2) is 0 Å². The van der Waals surface area contributed by atoms with Crippen LogP contribution in [0.25, 0.3) is 10.2 Å². The van der Waals surface area contributed by atoms with Gasteiger partial charge in [-0.05, 0) is 48.6 Å². The van der Waals surface area contributed by atoms with Crippen molar-refractivity contribution in [2.45, 2.75) is 52.0 Å². The third-order valence-electron chi connectivity index (χ3n) is 7.00. The van der Waals surface area contributed by atoms with Gasteiger partial charge in [-0.15, -0.1) is 11.3 Å². The standard InChI is InChI=1S/C22H31N3O2S/c1-14-6-4-8-17(15(14)2)23-21(26)16-7-5-10-25(13-16)22(27)19-12-20-18(24(19)3)9-11-28-20/h9,11-12,14-17H,4-8,10,13H2,1-3H3,(H,23,26). The lowest BCUT2D eigenvalue weighted by atomic mass is 9.78. The molecule has 0 bridgehead atoms. The van der Waals surface area contributed by atoms with E-state index in [1.807, 2.05) is 28.0 Å². The number of thiophene rings is 1. The molecule has 2 aromatic heterocycles. The molecule has 2 aromatic rings. The highest BCUT2D eigenvalue weighted by atomic mass is 32.1. The molecule has 152 valence electrons. The fourth-order valence-corrected chi connectivity index (χ4v) is 5.73. The molecule has 28 heavy (non-hydrogen) atoms. The zero-order chi connectivity index (χ0) is 19.8. The minimum absolute atomic E-state index is 0.0445. The molecular formula is C22H31N3O2S. The van der Waals surface area contributed by atoms with E-state index in [2.05, 4.69) is 25.2 Å². The summed E-state index contributed by atoms with van der Waals surface area (Å²) >= 11 is 1.66. The summed E-state index contributed by atoms with van der Waals surface area (Å²) in [5.74, 6) is 1.27. The number of hydrogen-bond acceptors (Lipinski definition) is 3. The molecule has 1 N–H and O–H groups in total. The van der Waals surface area contributed by atoms with Gasteiger partial charge in [-0.1, -0.05) is 26.7 Å². The lowest BCUT2D eigenvalue weighted by Gasteiger charge is -2.37. The fourth-order valence-electron chi connectivity index (χ4n) is 4.88. The second kappa shape index (κ2) is 7.90. The molecule has 2 aliphatic rings. The average molecular weight is 402 g/mol. The van der Waals surface area contributed by atoms with Gasteiger partial charge in [-0.3, -0.25) is 9.59 Å². The van der Waals surface area contributed by atoms with E-state index < -0.39 is 0 Å². The zero-order valence-corrected chi connectivity index (χ0v) is 17.9. The Kier molecular flexibility index (Phi) is 5.50. The van der Waals surface area contributed by atoms with Crippen molar-refractivity contribution in [1.29, 1.82) is 0 Å². The number of aryl methyl sites for hydroxylation is 1. The van der Waals surface area contributed by atoms with Crippen LogP contribution >= 0.6 is 11.3 Å². The predicted octanol–water partition coefficient (Wildman–Crippen LogP) is 4.03. The number of nitrogens with one attached hydrogen (secondary N) is 1. The van der Waals surface area contributed by atoms with E-state index in [1.165, 1.54) is 12.8 Å². The van der Waals surface area contributed by atoms with Crippen LogP contribution in [0, 0.1) is 17.8 Å². The van der Waals surface area contributed by atoms with Gasteiger partial charge in [0.25, 0.3) is 5.91 Å². The van der Waals surface area contributed by atoms with Crippen molar-refractivity contribution in [3.8, 4) is 0 Å². The van der Waals surface area contributed by atoms with Crippen molar-refractivity contribution in [2.24, 2.45) is 24.8 Å². The molecule has 3 heterocycles. The second-order valence-corrected chi connectivity index (χ2v) is 9.68. The second-order valence-electron chi connectivity index (χ2n) is 8.73. The first-order valence-corrected chi connectivity index (χ1v) is 11.5. The Bertz CT molecular complexity index is 870. The Morgan fingerprint density at radius 3 is 2.79 bits per heavy atom. The highest BCUT2D eigenvalue weighted by Gasteiger charge is 2.33. The minimum Gasteiger partial charge on any atom is -0.353 e. The third-order valence-corrected chi connectivity index (χ3v) is 7.85. The van der Waals surface area contributed by atoms with Crippen molar-refractivity contribution in [3.63, 3.8) is 0 Å². The van der Waals surface area contributed by atoms with Crippen LogP contribution in [0.2, 0.25) is 0 Å². The topological polar surface area (TPSA) is 54.3 Å². The molecule has 2 amide bonds. The lowest BCUT2D eigenvalue weighted by Crippen LogP contribution is -2.50. The Hall–Kier alpha value is -1.82. The Morgan fingerprint density at radius 2 is 2.00 bits per heavy atom. The molecule has 1 saturated carbocycles. The van der Waals surface area contributed by atoms with Crippen LogP contribution in [0.15, 0.2) is 17.5 Å². The van der Waals surface area contributed by atoms with Crippen LogP contribution in [-0.2, 0) is 11.8 Å². The molecule has 5 nitrogen and oxygen atoms in total. The van der Waals surface area contributed by atoms with Crippen molar-refractivity contribution < 1.29 is 9.59 Å². The first-order chi connectivity index (χ1) is 13.5. The quantitative estimate of drug-likeness (QED) is 0.844. The molecule has 4 atom stereocenters. The zero-order valence-electron chi connectivity index (χ0n) is 17.1. The maximum absolute atomic E-state index is 13.1. The smallest absolute Gasteiger partial charge is 0.270 e. The number of likely N-dealkylation sites (tertiary alicyclic amines) is 1. The molecule has 0 spiro atoms. The van der Waals surface area contributed by atoms with Gasteiger partial charge in [0.05, 0.1) is 16.1 Å². The van der Waals surface area contributed by atoms with E-state index in [0.717, 1.165) is 41.7 Å². The Labute approximate surface area is 171 Å². The highest BCUT2D eigenvalue weighted by Crippen LogP contribution is 2.30. The molecule has 4 unspecified atom stereocenters. The Balaban J connectivity index is 1.42. The van der Waals surface area contributed by atoms with Crippen LogP contribution in [0.4, 0.5) is 0 Å². The summed E-state index contributed by atoms with van der Waals surface area (Å²) in [7, 11) is 1.95. The fraction of sp³-hybridized carbons (Fsp3) is 0.636. The SMILES string of the molecule is CC1CCCC(NC(=O)C2CCCN(C(=O)c3cc4sccc4n3C)C2)C1C. The lowest BCUT2D eigenvalue weighted by molar-refractivity contribution is -0.127. The van der Waals surface area contributed by atoms with Crippen molar-refractivity contribution in [1.82, 2.24) is 14.8 Å². The summed E-state index contributed by atoms with van der Waals surface area (Å²) in [6.45, 7) is 5.81. The maximum Gasteiger partial charge on any atom is 0.270 e. The van der Waals surface area contributed by atoms with Gasteiger partial charge in [-0.25, -0.2) is 0 Å². The molecule has 1 aliphatic heterocycles. The molecule has 0 radical (unpaired) electrons. The van der Waals surface area contributed by atoms with Gasteiger partial charge in [0.2, 0.25) is 5.91 Å². The normalized spacial score (nSPS) is 28.5. The molecule has 2 fully saturated rings. The summed E-state index contributed by atoms with van der Waals surface area (Å²) < 4.78 is 3.11. The number of carbonyl (C=O) groups excluding carboxylic acids is 2. The van der Waals surface area contributed by atoms with E-state index in [4.69, 9.17) is 0 Å². The van der Waals surface area contributed by atoms with E-state index in [1.54, 1.807) is 11.3 Å². The first kappa shape index (κ1) is 19.5. The van der Waals surface area contributed by atoms with Crippen LogP contribution in [0.3, 0.4) is 0 Å². The van der Waals surface area contributed by atoms with Gasteiger partial charge < -0.3 is 14.8 Å². The van der Waals surface area contributed by atoms with E-state index in [-0.39, 0.29) is 23.8 Å². The minimum atomic E-state index is -0.0940. The number of rotatable bonds is 3. The summed E-state index contributed by atoms with van der Waals surface area (Å²) in [5, 5.41) is 5.37.